The smallest absolute Gasteiger partial charge is 0.161 e. The third-order valence-corrected chi connectivity index (χ3v) is 5.15. The van der Waals surface area contributed by atoms with Crippen molar-refractivity contribution in [2.75, 3.05) is 37.8 Å². The molecule has 0 aromatic heterocycles. The summed E-state index contributed by atoms with van der Waals surface area (Å²) in [5.74, 6) is 0.954. The standard InChI is InChI=1S/C24H31NO3/c1-3-4-15-27-16-17-28-22-10-7-20(8-11-22)21-9-12-24(23(18-21)19(2)26)25-13-5-6-14-25/h7-12,18H,3-6,13-17H2,1-2H3. The van der Waals surface area contributed by atoms with Gasteiger partial charge in [0.2, 0.25) is 0 Å². The van der Waals surface area contributed by atoms with Crippen LogP contribution in [-0.4, -0.2) is 38.7 Å². The Morgan fingerprint density at radius 3 is 2.36 bits per heavy atom. The zero-order chi connectivity index (χ0) is 19.8. The molecule has 0 saturated carbocycles. The van der Waals surface area contributed by atoms with E-state index < -0.39 is 0 Å². The Labute approximate surface area is 168 Å². The number of ether oxygens (including phenoxy) is 2. The van der Waals surface area contributed by atoms with Gasteiger partial charge in [0.15, 0.2) is 5.78 Å². The van der Waals surface area contributed by atoms with E-state index in [-0.39, 0.29) is 5.78 Å². The van der Waals surface area contributed by atoms with E-state index in [1.807, 2.05) is 30.3 Å². The van der Waals surface area contributed by atoms with Gasteiger partial charge in [0.25, 0.3) is 0 Å². The van der Waals surface area contributed by atoms with Crippen LogP contribution in [-0.2, 0) is 4.74 Å². The van der Waals surface area contributed by atoms with Crippen molar-refractivity contribution in [3.8, 4) is 16.9 Å². The van der Waals surface area contributed by atoms with Gasteiger partial charge in [0.05, 0.1) is 6.61 Å². The number of hydrogen-bond acceptors (Lipinski definition) is 4. The van der Waals surface area contributed by atoms with Crippen molar-refractivity contribution in [3.05, 3.63) is 48.0 Å². The largest absolute Gasteiger partial charge is 0.491 e. The maximum Gasteiger partial charge on any atom is 0.161 e. The quantitative estimate of drug-likeness (QED) is 0.411. The third kappa shape index (κ3) is 5.35. The Morgan fingerprint density at radius 2 is 1.68 bits per heavy atom. The van der Waals surface area contributed by atoms with E-state index in [0.29, 0.717) is 13.2 Å². The first-order chi connectivity index (χ1) is 13.7. The number of benzene rings is 2. The van der Waals surface area contributed by atoms with Crippen molar-refractivity contribution in [2.24, 2.45) is 0 Å². The predicted octanol–water partition coefficient (Wildman–Crippen LogP) is 5.35. The Bertz CT molecular complexity index is 764. The Kier molecular flexibility index (Phi) is 7.49. The first kappa shape index (κ1) is 20.4. The minimum atomic E-state index is 0.117. The van der Waals surface area contributed by atoms with E-state index in [4.69, 9.17) is 9.47 Å². The topological polar surface area (TPSA) is 38.8 Å². The first-order valence-corrected chi connectivity index (χ1v) is 10.4. The van der Waals surface area contributed by atoms with Crippen molar-refractivity contribution >= 4 is 11.5 Å². The van der Waals surface area contributed by atoms with Gasteiger partial charge in [-0.05, 0) is 61.6 Å². The van der Waals surface area contributed by atoms with E-state index in [1.54, 1.807) is 6.92 Å². The summed E-state index contributed by atoms with van der Waals surface area (Å²) >= 11 is 0. The van der Waals surface area contributed by atoms with Gasteiger partial charge in [0.1, 0.15) is 12.4 Å². The molecule has 0 unspecified atom stereocenters. The van der Waals surface area contributed by atoms with Gasteiger partial charge >= 0.3 is 0 Å². The SMILES string of the molecule is CCCCOCCOc1ccc(-c2ccc(N3CCCC3)c(C(C)=O)c2)cc1. The van der Waals surface area contributed by atoms with Gasteiger partial charge in [-0.25, -0.2) is 0 Å². The van der Waals surface area contributed by atoms with Crippen LogP contribution in [0, 0.1) is 0 Å². The summed E-state index contributed by atoms with van der Waals surface area (Å²) in [5, 5.41) is 0. The second kappa shape index (κ2) is 10.3. The summed E-state index contributed by atoms with van der Waals surface area (Å²) in [6.07, 6.45) is 4.63. The molecule has 0 amide bonds. The summed E-state index contributed by atoms with van der Waals surface area (Å²) in [6.45, 7) is 7.84. The molecule has 4 nitrogen and oxygen atoms in total. The first-order valence-electron chi connectivity index (χ1n) is 10.4. The number of anilines is 1. The molecule has 1 heterocycles. The van der Waals surface area contributed by atoms with Crippen molar-refractivity contribution < 1.29 is 14.3 Å². The molecule has 4 heteroatoms. The van der Waals surface area contributed by atoms with Gasteiger partial charge < -0.3 is 14.4 Å². The highest BCUT2D eigenvalue weighted by Crippen LogP contribution is 2.31. The van der Waals surface area contributed by atoms with E-state index >= 15 is 0 Å². The van der Waals surface area contributed by atoms with Crippen LogP contribution in [0.15, 0.2) is 42.5 Å². The summed E-state index contributed by atoms with van der Waals surface area (Å²) in [6, 6.07) is 14.3. The van der Waals surface area contributed by atoms with E-state index in [1.165, 1.54) is 12.8 Å². The van der Waals surface area contributed by atoms with Gasteiger partial charge in [-0.3, -0.25) is 4.79 Å². The second-order valence-corrected chi connectivity index (χ2v) is 7.32. The fourth-order valence-corrected chi connectivity index (χ4v) is 3.54. The fourth-order valence-electron chi connectivity index (χ4n) is 3.54. The lowest BCUT2D eigenvalue weighted by atomic mass is 9.99. The molecular formula is C24H31NO3. The lowest BCUT2D eigenvalue weighted by Crippen LogP contribution is -2.20. The minimum Gasteiger partial charge on any atom is -0.491 e. The molecule has 0 aliphatic carbocycles. The monoisotopic (exact) mass is 381 g/mol. The van der Waals surface area contributed by atoms with E-state index in [2.05, 4.69) is 24.0 Å². The molecule has 1 aliphatic heterocycles. The third-order valence-electron chi connectivity index (χ3n) is 5.15. The number of carbonyl (C=O) groups excluding carboxylic acids is 1. The Balaban J connectivity index is 1.64. The number of unbranched alkanes of at least 4 members (excludes halogenated alkanes) is 1. The van der Waals surface area contributed by atoms with E-state index in [9.17, 15) is 4.79 Å². The highest BCUT2D eigenvalue weighted by Gasteiger charge is 2.18. The molecule has 0 spiro atoms. The maximum absolute atomic E-state index is 12.2. The normalized spacial score (nSPS) is 13.7. The lowest BCUT2D eigenvalue weighted by Gasteiger charge is -2.21. The van der Waals surface area contributed by atoms with E-state index in [0.717, 1.165) is 60.7 Å². The number of Topliss-reactive ketones (excluding diaryl/α,β-unsaturated/α-hetero) is 1. The second-order valence-electron chi connectivity index (χ2n) is 7.32. The summed E-state index contributed by atoms with van der Waals surface area (Å²) < 4.78 is 11.3. The zero-order valence-corrected chi connectivity index (χ0v) is 17.1. The van der Waals surface area contributed by atoms with Crippen molar-refractivity contribution in [1.29, 1.82) is 0 Å². The highest BCUT2D eigenvalue weighted by molar-refractivity contribution is 6.01. The highest BCUT2D eigenvalue weighted by atomic mass is 16.5. The number of nitrogens with zero attached hydrogens (tertiary/aromatic N) is 1. The maximum atomic E-state index is 12.2. The Morgan fingerprint density at radius 1 is 0.964 bits per heavy atom. The number of carbonyl (C=O) groups is 1. The van der Waals surface area contributed by atoms with Crippen LogP contribution in [0.1, 0.15) is 49.9 Å². The molecule has 2 aromatic rings. The molecular weight excluding hydrogens is 350 g/mol. The summed E-state index contributed by atoms with van der Waals surface area (Å²) in [5.41, 5.74) is 4.02. The average Bonchev–Trinajstić information content (AvgIpc) is 3.25. The van der Waals surface area contributed by atoms with Crippen molar-refractivity contribution in [2.45, 2.75) is 39.5 Å². The molecule has 0 bridgehead atoms. The number of ketones is 1. The number of hydrogen-bond donors (Lipinski definition) is 0. The average molecular weight is 382 g/mol. The van der Waals surface area contributed by atoms with Gasteiger partial charge in [-0.15, -0.1) is 0 Å². The molecule has 0 atom stereocenters. The van der Waals surface area contributed by atoms with Gasteiger partial charge in [0, 0.05) is 30.9 Å². The summed E-state index contributed by atoms with van der Waals surface area (Å²) in [7, 11) is 0. The molecule has 1 fully saturated rings. The van der Waals surface area contributed by atoms with Crippen molar-refractivity contribution in [1.82, 2.24) is 0 Å². The van der Waals surface area contributed by atoms with Gasteiger partial charge in [-0.2, -0.15) is 0 Å². The zero-order valence-electron chi connectivity index (χ0n) is 17.1. The molecule has 1 aliphatic rings. The fraction of sp³-hybridized carbons (Fsp3) is 0.458. The van der Waals surface area contributed by atoms with Gasteiger partial charge in [-0.1, -0.05) is 31.5 Å². The lowest BCUT2D eigenvalue weighted by molar-refractivity contribution is 0.0980. The molecule has 1 saturated heterocycles. The molecule has 0 N–H and O–H groups in total. The molecule has 2 aromatic carbocycles. The number of rotatable bonds is 10. The van der Waals surface area contributed by atoms with Crippen LogP contribution in [0.25, 0.3) is 11.1 Å². The summed E-state index contributed by atoms with van der Waals surface area (Å²) in [4.78, 5) is 14.5. The van der Waals surface area contributed by atoms with Crippen LogP contribution in [0.4, 0.5) is 5.69 Å². The van der Waals surface area contributed by atoms with Crippen LogP contribution >= 0.6 is 0 Å². The Hall–Kier alpha value is -2.33. The van der Waals surface area contributed by atoms with Crippen LogP contribution in [0.5, 0.6) is 5.75 Å². The molecule has 150 valence electrons. The van der Waals surface area contributed by atoms with Crippen LogP contribution in [0.3, 0.4) is 0 Å². The molecule has 0 radical (unpaired) electrons. The van der Waals surface area contributed by atoms with Crippen LogP contribution in [0.2, 0.25) is 0 Å². The molecule has 3 rings (SSSR count). The minimum absolute atomic E-state index is 0.117. The molecule has 28 heavy (non-hydrogen) atoms. The van der Waals surface area contributed by atoms with Crippen LogP contribution < -0.4 is 9.64 Å². The predicted molar refractivity (Wildman–Crippen MR) is 115 cm³/mol. The van der Waals surface area contributed by atoms with Crippen molar-refractivity contribution in [3.63, 3.8) is 0 Å².